The van der Waals surface area contributed by atoms with Crippen molar-refractivity contribution in [1.82, 2.24) is 10.3 Å². The van der Waals surface area contributed by atoms with E-state index in [1.165, 1.54) is 0 Å². The molecule has 2 atom stereocenters. The molecule has 1 aliphatic carbocycles. The van der Waals surface area contributed by atoms with Crippen molar-refractivity contribution in [2.75, 3.05) is 0 Å². The predicted octanol–water partition coefficient (Wildman–Crippen LogP) is 2.61. The summed E-state index contributed by atoms with van der Waals surface area (Å²) >= 11 is 0. The number of hydrogen-bond donors (Lipinski definition) is 2. The van der Waals surface area contributed by atoms with Gasteiger partial charge in [-0.15, -0.1) is 0 Å². The minimum atomic E-state index is -0.408. The number of nitrogens with zero attached hydrogens (tertiary/aromatic N) is 1. The van der Waals surface area contributed by atoms with E-state index in [4.69, 9.17) is 4.74 Å². The third-order valence-electron chi connectivity index (χ3n) is 3.88. The number of amides is 1. The van der Waals surface area contributed by atoms with Gasteiger partial charge < -0.3 is 15.2 Å². The average molecular weight is 320 g/mol. The first-order valence-corrected chi connectivity index (χ1v) is 8.46. The first-order chi connectivity index (χ1) is 10.8. The van der Waals surface area contributed by atoms with Gasteiger partial charge in [0, 0.05) is 18.2 Å². The maximum absolute atomic E-state index is 12.1. The molecule has 0 saturated heterocycles. The number of aromatic nitrogens is 1. The van der Waals surface area contributed by atoms with Crippen LogP contribution in [0.5, 0.6) is 5.88 Å². The Morgan fingerprint density at radius 2 is 2.09 bits per heavy atom. The summed E-state index contributed by atoms with van der Waals surface area (Å²) in [4.78, 5) is 16.5. The Kier molecular flexibility index (Phi) is 5.99. The lowest BCUT2D eigenvalue weighted by molar-refractivity contribution is -0.123. The molecule has 5 nitrogen and oxygen atoms in total. The van der Waals surface area contributed by atoms with Crippen LogP contribution in [0, 0.1) is 0 Å². The maximum Gasteiger partial charge on any atom is 0.220 e. The normalized spacial score (nSPS) is 21.7. The van der Waals surface area contributed by atoms with E-state index in [-0.39, 0.29) is 17.6 Å². The number of aryl methyl sites for hydroxylation is 1. The Balaban J connectivity index is 1.83. The third-order valence-corrected chi connectivity index (χ3v) is 3.88. The van der Waals surface area contributed by atoms with Gasteiger partial charge in [0.1, 0.15) is 5.60 Å². The van der Waals surface area contributed by atoms with Crippen molar-refractivity contribution in [3.8, 4) is 5.88 Å². The van der Waals surface area contributed by atoms with Gasteiger partial charge in [-0.1, -0.05) is 18.9 Å². The van der Waals surface area contributed by atoms with Gasteiger partial charge in [-0.2, -0.15) is 0 Å². The molecule has 0 radical (unpaired) electrons. The smallest absolute Gasteiger partial charge is 0.220 e. The van der Waals surface area contributed by atoms with Gasteiger partial charge in [0.05, 0.1) is 12.1 Å². The molecule has 0 spiro atoms. The fraction of sp³-hybridized carbons (Fsp3) is 0.667. The standard InChI is InChI=1S/C18H28N2O3/c1-18(2,3)23-17-10-6-7-13(19-17)11-12-16(22)20-14-8-4-5-9-15(14)21/h6-7,10,14-15,21H,4-5,8-9,11-12H2,1-3H3,(H,20,22). The van der Waals surface area contributed by atoms with E-state index in [9.17, 15) is 9.90 Å². The zero-order valence-electron chi connectivity index (χ0n) is 14.3. The number of carbonyl (C=O) groups is 1. The van der Waals surface area contributed by atoms with Gasteiger partial charge in [0.25, 0.3) is 0 Å². The van der Waals surface area contributed by atoms with Crippen molar-refractivity contribution >= 4 is 5.91 Å². The van der Waals surface area contributed by atoms with E-state index in [1.807, 2.05) is 39.0 Å². The third kappa shape index (κ3) is 6.18. The predicted molar refractivity (Wildman–Crippen MR) is 89.3 cm³/mol. The van der Waals surface area contributed by atoms with Gasteiger partial charge in [0.15, 0.2) is 0 Å². The molecule has 0 aliphatic heterocycles. The van der Waals surface area contributed by atoms with E-state index in [1.54, 1.807) is 0 Å². The van der Waals surface area contributed by atoms with Crippen LogP contribution < -0.4 is 10.1 Å². The molecule has 1 heterocycles. The molecule has 0 bridgehead atoms. The lowest BCUT2D eigenvalue weighted by Crippen LogP contribution is -2.45. The van der Waals surface area contributed by atoms with Crippen LogP contribution in [0.1, 0.15) is 58.6 Å². The number of ether oxygens (including phenoxy) is 1. The fourth-order valence-corrected chi connectivity index (χ4v) is 2.77. The van der Waals surface area contributed by atoms with E-state index >= 15 is 0 Å². The van der Waals surface area contributed by atoms with Crippen LogP contribution in [0.3, 0.4) is 0 Å². The summed E-state index contributed by atoms with van der Waals surface area (Å²) in [6.07, 6.45) is 4.27. The van der Waals surface area contributed by atoms with Crippen LogP contribution in [0.15, 0.2) is 18.2 Å². The van der Waals surface area contributed by atoms with E-state index < -0.39 is 6.10 Å². The summed E-state index contributed by atoms with van der Waals surface area (Å²) in [5.74, 6) is 0.554. The number of hydrogen-bond acceptors (Lipinski definition) is 4. The van der Waals surface area contributed by atoms with Crippen LogP contribution in [0.25, 0.3) is 0 Å². The number of nitrogens with one attached hydrogen (secondary N) is 1. The van der Waals surface area contributed by atoms with Gasteiger partial charge in [-0.05, 0) is 46.1 Å². The molecule has 23 heavy (non-hydrogen) atoms. The zero-order valence-corrected chi connectivity index (χ0v) is 14.3. The number of pyridine rings is 1. The zero-order chi connectivity index (χ0) is 16.9. The van der Waals surface area contributed by atoms with Crippen molar-refractivity contribution < 1.29 is 14.6 Å². The molecular weight excluding hydrogens is 292 g/mol. The minimum Gasteiger partial charge on any atom is -0.472 e. The van der Waals surface area contributed by atoms with E-state index in [0.717, 1.165) is 31.4 Å². The molecule has 1 saturated carbocycles. The molecule has 1 fully saturated rings. The van der Waals surface area contributed by atoms with Crippen molar-refractivity contribution in [3.63, 3.8) is 0 Å². The molecule has 5 heteroatoms. The lowest BCUT2D eigenvalue weighted by atomic mass is 9.92. The minimum absolute atomic E-state index is 0.0279. The summed E-state index contributed by atoms with van der Waals surface area (Å²) in [5.41, 5.74) is 0.547. The highest BCUT2D eigenvalue weighted by Gasteiger charge is 2.24. The van der Waals surface area contributed by atoms with Crippen LogP contribution >= 0.6 is 0 Å². The van der Waals surface area contributed by atoms with Crippen molar-refractivity contribution in [3.05, 3.63) is 23.9 Å². The van der Waals surface area contributed by atoms with E-state index in [0.29, 0.717) is 18.7 Å². The highest BCUT2D eigenvalue weighted by Crippen LogP contribution is 2.19. The fourth-order valence-electron chi connectivity index (χ4n) is 2.77. The molecule has 1 aromatic rings. The summed E-state index contributed by atoms with van der Waals surface area (Å²) in [6, 6.07) is 5.53. The van der Waals surface area contributed by atoms with E-state index in [2.05, 4.69) is 10.3 Å². The van der Waals surface area contributed by atoms with Crippen LogP contribution in [0.2, 0.25) is 0 Å². The van der Waals surface area contributed by atoms with Crippen molar-refractivity contribution in [2.24, 2.45) is 0 Å². The monoisotopic (exact) mass is 320 g/mol. The first kappa shape index (κ1) is 17.7. The van der Waals surface area contributed by atoms with Crippen molar-refractivity contribution in [1.29, 1.82) is 0 Å². The molecule has 1 aromatic heterocycles. The Morgan fingerprint density at radius 3 is 2.78 bits per heavy atom. The number of carbonyl (C=O) groups excluding carboxylic acids is 1. The summed E-state index contributed by atoms with van der Waals surface area (Å²) in [6.45, 7) is 5.93. The Bertz CT molecular complexity index is 525. The van der Waals surface area contributed by atoms with Crippen LogP contribution in [0.4, 0.5) is 0 Å². The molecule has 2 N–H and O–H groups in total. The second-order valence-electron chi connectivity index (χ2n) is 7.21. The Labute approximate surface area is 138 Å². The van der Waals surface area contributed by atoms with Crippen LogP contribution in [-0.2, 0) is 11.2 Å². The second-order valence-corrected chi connectivity index (χ2v) is 7.21. The molecule has 0 aromatic carbocycles. The molecule has 128 valence electrons. The quantitative estimate of drug-likeness (QED) is 0.875. The summed E-state index contributed by atoms with van der Waals surface area (Å²) < 4.78 is 5.74. The van der Waals surface area contributed by atoms with Crippen molar-refractivity contribution in [2.45, 2.75) is 77.0 Å². The molecule has 2 rings (SSSR count). The molecule has 1 amide bonds. The largest absolute Gasteiger partial charge is 0.472 e. The topological polar surface area (TPSA) is 71.5 Å². The Morgan fingerprint density at radius 1 is 1.35 bits per heavy atom. The Hall–Kier alpha value is -1.62. The number of aliphatic hydroxyl groups is 1. The highest BCUT2D eigenvalue weighted by molar-refractivity contribution is 5.76. The first-order valence-electron chi connectivity index (χ1n) is 8.46. The van der Waals surface area contributed by atoms with Gasteiger partial charge in [0.2, 0.25) is 11.8 Å². The van der Waals surface area contributed by atoms with Gasteiger partial charge >= 0.3 is 0 Å². The lowest BCUT2D eigenvalue weighted by Gasteiger charge is -2.28. The number of aliphatic hydroxyl groups excluding tert-OH is 1. The molecule has 2 unspecified atom stereocenters. The van der Waals surface area contributed by atoms with Crippen LogP contribution in [-0.4, -0.2) is 33.7 Å². The SMILES string of the molecule is CC(C)(C)Oc1cccc(CCC(=O)NC2CCCCC2O)n1. The molecule has 1 aliphatic rings. The average Bonchev–Trinajstić information content (AvgIpc) is 2.46. The maximum atomic E-state index is 12.1. The number of rotatable bonds is 5. The van der Waals surface area contributed by atoms with Gasteiger partial charge in [-0.3, -0.25) is 4.79 Å². The summed E-state index contributed by atoms with van der Waals surface area (Å²) in [5, 5.41) is 12.8. The molecular formula is C18H28N2O3. The van der Waals surface area contributed by atoms with Gasteiger partial charge in [-0.25, -0.2) is 4.98 Å². The second kappa shape index (κ2) is 7.77. The summed E-state index contributed by atoms with van der Waals surface area (Å²) in [7, 11) is 0. The highest BCUT2D eigenvalue weighted by atomic mass is 16.5.